The topological polar surface area (TPSA) is 38.7 Å². The van der Waals surface area contributed by atoms with Gasteiger partial charge in [-0.25, -0.2) is 0 Å². The van der Waals surface area contributed by atoms with Gasteiger partial charge in [0, 0.05) is 13.1 Å². The van der Waals surface area contributed by atoms with E-state index < -0.39 is 6.10 Å². The minimum Gasteiger partial charge on any atom is -0.390 e. The molecule has 0 unspecified atom stereocenters. The second-order valence-electron chi connectivity index (χ2n) is 2.47. The van der Waals surface area contributed by atoms with Crippen LogP contribution in [0.5, 0.6) is 0 Å². The van der Waals surface area contributed by atoms with Crippen molar-refractivity contribution in [2.24, 2.45) is 0 Å². The lowest BCUT2D eigenvalue weighted by molar-refractivity contribution is -0.0173. The molecule has 3 atom stereocenters. The van der Waals surface area contributed by atoms with Gasteiger partial charge < -0.3 is 14.6 Å². The second kappa shape index (κ2) is 3.37. The first-order valence-electron chi connectivity index (χ1n) is 3.32. The van der Waals surface area contributed by atoms with Gasteiger partial charge in [-0.05, 0) is 6.42 Å². The molecule has 1 N–H and O–H groups in total. The van der Waals surface area contributed by atoms with E-state index in [0.717, 1.165) is 0 Å². The fraction of sp³-hybridized carbons (Fsp3) is 1.00. The molecule has 0 aromatic heterocycles. The smallest absolute Gasteiger partial charge is 0.109 e. The molecule has 0 spiro atoms. The van der Waals surface area contributed by atoms with Gasteiger partial charge in [0.05, 0.1) is 12.7 Å². The Balaban J connectivity index is 2.31. The van der Waals surface area contributed by atoms with E-state index in [-0.39, 0.29) is 12.1 Å². The normalized spacial score (nSPS) is 40.4. The molecular weight excluding hydrogens is 131 g/mol. The Morgan fingerprint density at radius 1 is 1.80 bits per heavy atom. The zero-order chi connectivity index (χ0) is 7.56. The summed E-state index contributed by atoms with van der Waals surface area (Å²) in [6, 6.07) is -0.324. The molecule has 1 heterocycles. The first kappa shape index (κ1) is 8.05. The number of ether oxygens (including phenoxy) is 2. The lowest BCUT2D eigenvalue weighted by Gasteiger charge is -2.11. The van der Waals surface area contributed by atoms with Crippen molar-refractivity contribution < 1.29 is 14.6 Å². The monoisotopic (exact) mass is 142 g/mol. The second-order valence-corrected chi connectivity index (χ2v) is 2.47. The van der Waals surface area contributed by atoms with Gasteiger partial charge in [-0.3, -0.25) is 0 Å². The summed E-state index contributed by atoms with van der Waals surface area (Å²) in [7, 11) is 6.98. The van der Waals surface area contributed by atoms with E-state index in [0.29, 0.717) is 13.0 Å². The standard InChI is InChI=1S/C6H11BO3/c1-9-3-5-4(8)2-6(7)10-5/h4-6,8H,2-3H2,1H3/t4-,5-,6-/m1/s1. The SMILES string of the molecule is [B][C@H]1C[C@@H](O)[C@@H](COC)O1. The predicted molar refractivity (Wildman–Crippen MR) is 36.9 cm³/mol. The average Bonchev–Trinajstić information content (AvgIpc) is 2.13. The lowest BCUT2D eigenvalue weighted by Crippen LogP contribution is -2.25. The van der Waals surface area contributed by atoms with Crippen molar-refractivity contribution >= 4 is 7.85 Å². The van der Waals surface area contributed by atoms with Crippen LogP contribution in [-0.2, 0) is 9.47 Å². The Labute approximate surface area is 61.7 Å². The zero-order valence-corrected chi connectivity index (χ0v) is 5.99. The van der Waals surface area contributed by atoms with Gasteiger partial charge in [0.15, 0.2) is 0 Å². The maximum absolute atomic E-state index is 9.21. The van der Waals surface area contributed by atoms with Crippen LogP contribution in [0.4, 0.5) is 0 Å². The highest BCUT2D eigenvalue weighted by Gasteiger charge is 2.30. The van der Waals surface area contributed by atoms with Crippen LogP contribution < -0.4 is 0 Å². The molecular formula is C6H11BO3. The minimum absolute atomic E-state index is 0.236. The highest BCUT2D eigenvalue weighted by Crippen LogP contribution is 2.17. The van der Waals surface area contributed by atoms with Crippen molar-refractivity contribution in [3.05, 3.63) is 0 Å². The van der Waals surface area contributed by atoms with Crippen LogP contribution in [0.15, 0.2) is 0 Å². The summed E-state index contributed by atoms with van der Waals surface area (Å²) in [6.45, 7) is 0.412. The van der Waals surface area contributed by atoms with E-state index >= 15 is 0 Å². The first-order valence-corrected chi connectivity index (χ1v) is 3.32. The quantitative estimate of drug-likeness (QED) is 0.517. The molecule has 0 amide bonds. The van der Waals surface area contributed by atoms with Gasteiger partial charge in [-0.1, -0.05) is 0 Å². The third-order valence-electron chi connectivity index (χ3n) is 1.58. The molecule has 0 aromatic rings. The molecule has 2 radical (unpaired) electrons. The number of hydrogen-bond donors (Lipinski definition) is 1. The number of aliphatic hydroxyl groups excluding tert-OH is 1. The van der Waals surface area contributed by atoms with Gasteiger partial charge in [0.2, 0.25) is 0 Å². The Hall–Kier alpha value is -0.0551. The molecule has 0 saturated carbocycles. The maximum atomic E-state index is 9.21. The number of aliphatic hydroxyl groups is 1. The van der Waals surface area contributed by atoms with Crippen LogP contribution >= 0.6 is 0 Å². The summed E-state index contributed by atoms with van der Waals surface area (Å²) >= 11 is 0. The highest BCUT2D eigenvalue weighted by molar-refractivity contribution is 6.11. The van der Waals surface area contributed by atoms with Gasteiger partial charge >= 0.3 is 0 Å². The molecule has 1 rings (SSSR count). The maximum Gasteiger partial charge on any atom is 0.109 e. The lowest BCUT2D eigenvalue weighted by atomic mass is 9.96. The molecule has 0 aliphatic carbocycles. The molecule has 1 aliphatic heterocycles. The Morgan fingerprint density at radius 3 is 2.90 bits per heavy atom. The minimum atomic E-state index is -0.463. The van der Waals surface area contributed by atoms with E-state index in [9.17, 15) is 5.11 Å². The predicted octanol–water partition coefficient (Wildman–Crippen LogP) is -0.723. The number of hydrogen-bond acceptors (Lipinski definition) is 3. The van der Waals surface area contributed by atoms with Crippen molar-refractivity contribution in [1.82, 2.24) is 0 Å². The van der Waals surface area contributed by atoms with Crippen LogP contribution in [0.2, 0.25) is 0 Å². The van der Waals surface area contributed by atoms with Crippen molar-refractivity contribution in [3.8, 4) is 0 Å². The molecule has 3 nitrogen and oxygen atoms in total. The van der Waals surface area contributed by atoms with Gasteiger partial charge in [0.1, 0.15) is 14.0 Å². The number of methoxy groups -OCH3 is 1. The zero-order valence-electron chi connectivity index (χ0n) is 5.99. The van der Waals surface area contributed by atoms with Crippen LogP contribution in [0, 0.1) is 0 Å². The summed E-state index contributed by atoms with van der Waals surface area (Å²) in [5.74, 6) is 0. The molecule has 0 bridgehead atoms. The molecule has 56 valence electrons. The fourth-order valence-corrected chi connectivity index (χ4v) is 1.08. The van der Waals surface area contributed by atoms with Crippen LogP contribution in [-0.4, -0.2) is 44.9 Å². The number of rotatable bonds is 2. The summed E-state index contributed by atoms with van der Waals surface area (Å²) < 4.78 is 9.92. The van der Waals surface area contributed by atoms with Crippen molar-refractivity contribution in [1.29, 1.82) is 0 Å². The van der Waals surface area contributed by atoms with Crippen molar-refractivity contribution in [3.63, 3.8) is 0 Å². The molecule has 0 aromatic carbocycles. The Bertz CT molecular complexity index is 109. The third kappa shape index (κ3) is 1.72. The Kier molecular flexibility index (Phi) is 2.71. The third-order valence-corrected chi connectivity index (χ3v) is 1.58. The first-order chi connectivity index (χ1) is 4.74. The van der Waals surface area contributed by atoms with Crippen molar-refractivity contribution in [2.75, 3.05) is 13.7 Å². The van der Waals surface area contributed by atoms with E-state index in [1.165, 1.54) is 0 Å². The van der Waals surface area contributed by atoms with Crippen LogP contribution in [0.3, 0.4) is 0 Å². The summed E-state index contributed by atoms with van der Waals surface area (Å²) in [6.07, 6.45) is -0.191. The van der Waals surface area contributed by atoms with E-state index in [1.54, 1.807) is 7.11 Å². The largest absolute Gasteiger partial charge is 0.390 e. The van der Waals surface area contributed by atoms with Gasteiger partial charge in [0.25, 0.3) is 0 Å². The molecule has 10 heavy (non-hydrogen) atoms. The molecule has 1 saturated heterocycles. The van der Waals surface area contributed by atoms with Crippen LogP contribution in [0.25, 0.3) is 0 Å². The van der Waals surface area contributed by atoms with Gasteiger partial charge in [-0.2, -0.15) is 0 Å². The highest BCUT2D eigenvalue weighted by atomic mass is 16.5. The van der Waals surface area contributed by atoms with Crippen LogP contribution in [0.1, 0.15) is 6.42 Å². The van der Waals surface area contributed by atoms with Gasteiger partial charge in [-0.15, -0.1) is 0 Å². The summed E-state index contributed by atoms with van der Waals surface area (Å²) in [5, 5.41) is 9.21. The Morgan fingerprint density at radius 2 is 2.50 bits per heavy atom. The average molecular weight is 142 g/mol. The van der Waals surface area contributed by atoms with E-state index in [1.807, 2.05) is 0 Å². The molecule has 4 heteroatoms. The molecule has 1 aliphatic rings. The summed E-state index contributed by atoms with van der Waals surface area (Å²) in [4.78, 5) is 0. The summed E-state index contributed by atoms with van der Waals surface area (Å²) in [5.41, 5.74) is 0. The fourth-order valence-electron chi connectivity index (χ4n) is 1.08. The molecule has 1 fully saturated rings. The van der Waals surface area contributed by atoms with Crippen molar-refractivity contribution in [2.45, 2.75) is 24.6 Å². The van der Waals surface area contributed by atoms with E-state index in [2.05, 4.69) is 0 Å². The van der Waals surface area contributed by atoms with E-state index in [4.69, 9.17) is 17.3 Å².